The number of nitrogens with one attached hydrogen (secondary N) is 1. The molecule has 4 nitrogen and oxygen atoms in total. The molecule has 0 radical (unpaired) electrons. The fourth-order valence-electron chi connectivity index (χ4n) is 2.51. The molecule has 3 aromatic rings. The molecule has 0 saturated carbocycles. The van der Waals surface area contributed by atoms with Crippen LogP contribution in [0.5, 0.6) is 0 Å². The highest BCUT2D eigenvalue weighted by Crippen LogP contribution is 2.15. The Labute approximate surface area is 140 Å². The van der Waals surface area contributed by atoms with Gasteiger partial charge < -0.3 is 10.3 Å². The van der Waals surface area contributed by atoms with Crippen LogP contribution in [0.15, 0.2) is 60.9 Å². The van der Waals surface area contributed by atoms with Crippen molar-refractivity contribution in [1.29, 1.82) is 5.41 Å². The van der Waals surface area contributed by atoms with Crippen LogP contribution in [-0.2, 0) is 13.0 Å². The zero-order valence-corrected chi connectivity index (χ0v) is 13.3. The van der Waals surface area contributed by atoms with Crippen molar-refractivity contribution in [3.63, 3.8) is 0 Å². The monoisotopic (exact) mass is 324 g/mol. The highest BCUT2D eigenvalue weighted by Gasteiger charge is 2.06. The molecule has 1 aromatic heterocycles. The highest BCUT2D eigenvalue weighted by atomic mass is 35.5. The van der Waals surface area contributed by atoms with Crippen LogP contribution in [0.3, 0.4) is 0 Å². The summed E-state index contributed by atoms with van der Waals surface area (Å²) in [6, 6.07) is 15.5. The van der Waals surface area contributed by atoms with Crippen molar-refractivity contribution in [3.05, 3.63) is 88.5 Å². The van der Waals surface area contributed by atoms with Crippen LogP contribution in [0.1, 0.15) is 22.5 Å². The zero-order valence-electron chi connectivity index (χ0n) is 12.5. The Kier molecular flexibility index (Phi) is 4.44. The lowest BCUT2D eigenvalue weighted by Crippen LogP contribution is -2.12. The van der Waals surface area contributed by atoms with Crippen molar-refractivity contribution in [2.24, 2.45) is 5.73 Å². The molecule has 0 atom stereocenters. The Morgan fingerprint density at radius 3 is 2.70 bits per heavy atom. The maximum Gasteiger partial charge on any atom is 0.122 e. The lowest BCUT2D eigenvalue weighted by atomic mass is 10.1. The fraction of sp³-hybridized carbons (Fsp3) is 0.111. The minimum absolute atomic E-state index is 0.0802. The van der Waals surface area contributed by atoms with Crippen LogP contribution in [0.2, 0.25) is 5.02 Å². The largest absolute Gasteiger partial charge is 0.384 e. The second-order valence-corrected chi connectivity index (χ2v) is 5.83. The van der Waals surface area contributed by atoms with Gasteiger partial charge in [-0.1, -0.05) is 41.9 Å². The topological polar surface area (TPSA) is 67.7 Å². The van der Waals surface area contributed by atoms with Gasteiger partial charge >= 0.3 is 0 Å². The summed E-state index contributed by atoms with van der Waals surface area (Å²) in [5, 5.41) is 8.27. The molecule has 0 saturated heterocycles. The number of imidazole rings is 1. The zero-order chi connectivity index (χ0) is 16.2. The highest BCUT2D eigenvalue weighted by molar-refractivity contribution is 6.30. The van der Waals surface area contributed by atoms with E-state index in [1.165, 1.54) is 0 Å². The molecule has 1 heterocycles. The van der Waals surface area contributed by atoms with Gasteiger partial charge in [-0.25, -0.2) is 4.98 Å². The predicted octanol–water partition coefficient (Wildman–Crippen LogP) is 3.46. The Balaban J connectivity index is 1.81. The van der Waals surface area contributed by atoms with Crippen LogP contribution >= 0.6 is 11.6 Å². The fourth-order valence-corrected chi connectivity index (χ4v) is 2.73. The standard InChI is InChI=1S/C18H17ClN4/c19-16-6-2-3-13(10-16)11-17-22-7-8-23(17)12-14-4-1-5-15(9-14)18(20)21/h1-10H,11-12H2,(H3,20,21). The smallest absolute Gasteiger partial charge is 0.122 e. The number of nitrogens with zero attached hydrogens (tertiary/aromatic N) is 2. The van der Waals surface area contributed by atoms with Gasteiger partial charge in [-0.3, -0.25) is 5.41 Å². The Bertz CT molecular complexity index is 838. The summed E-state index contributed by atoms with van der Waals surface area (Å²) in [5.41, 5.74) is 8.50. The molecule has 0 amide bonds. The van der Waals surface area contributed by atoms with Crippen molar-refractivity contribution < 1.29 is 0 Å². The lowest BCUT2D eigenvalue weighted by Gasteiger charge is -2.09. The number of benzene rings is 2. The predicted molar refractivity (Wildman–Crippen MR) is 93.0 cm³/mol. The third kappa shape index (κ3) is 3.79. The van der Waals surface area contributed by atoms with E-state index in [0.717, 1.165) is 34.0 Å². The van der Waals surface area contributed by atoms with Crippen molar-refractivity contribution in [1.82, 2.24) is 9.55 Å². The van der Waals surface area contributed by atoms with Gasteiger partial charge in [0, 0.05) is 35.9 Å². The van der Waals surface area contributed by atoms with Gasteiger partial charge in [0.15, 0.2) is 0 Å². The Morgan fingerprint density at radius 1 is 1.13 bits per heavy atom. The first-order valence-electron chi connectivity index (χ1n) is 7.29. The molecule has 0 bridgehead atoms. The molecule has 0 aliphatic carbocycles. The molecule has 0 spiro atoms. The van der Waals surface area contributed by atoms with Gasteiger partial charge in [0.2, 0.25) is 0 Å². The van der Waals surface area contributed by atoms with E-state index in [0.29, 0.717) is 6.54 Å². The van der Waals surface area contributed by atoms with Crippen LogP contribution in [-0.4, -0.2) is 15.4 Å². The summed E-state index contributed by atoms with van der Waals surface area (Å²) >= 11 is 6.04. The maximum atomic E-state index is 7.54. The third-order valence-corrected chi connectivity index (χ3v) is 3.88. The van der Waals surface area contributed by atoms with Gasteiger partial charge in [0.05, 0.1) is 0 Å². The molecule has 0 fully saturated rings. The quantitative estimate of drug-likeness (QED) is 0.557. The van der Waals surface area contributed by atoms with E-state index in [-0.39, 0.29) is 5.84 Å². The summed E-state index contributed by atoms with van der Waals surface area (Å²) in [6.07, 6.45) is 4.48. The van der Waals surface area contributed by atoms with Gasteiger partial charge in [0.25, 0.3) is 0 Å². The molecule has 2 aromatic carbocycles. The maximum absolute atomic E-state index is 7.54. The first kappa shape index (κ1) is 15.3. The van der Waals surface area contributed by atoms with E-state index in [4.69, 9.17) is 22.7 Å². The van der Waals surface area contributed by atoms with Gasteiger partial charge in [-0.05, 0) is 29.3 Å². The summed E-state index contributed by atoms with van der Waals surface area (Å²) in [7, 11) is 0. The van der Waals surface area contributed by atoms with Crippen LogP contribution < -0.4 is 5.73 Å². The van der Waals surface area contributed by atoms with E-state index in [1.54, 1.807) is 6.20 Å². The van der Waals surface area contributed by atoms with Crippen molar-refractivity contribution in [2.45, 2.75) is 13.0 Å². The molecule has 116 valence electrons. The minimum atomic E-state index is 0.0802. The number of hydrogen-bond donors (Lipinski definition) is 2. The van der Waals surface area contributed by atoms with Crippen LogP contribution in [0.25, 0.3) is 0 Å². The molecule has 5 heteroatoms. The molecule has 23 heavy (non-hydrogen) atoms. The first-order valence-corrected chi connectivity index (χ1v) is 7.67. The second kappa shape index (κ2) is 6.67. The summed E-state index contributed by atoms with van der Waals surface area (Å²) in [5.74, 6) is 1.05. The van der Waals surface area contributed by atoms with E-state index in [2.05, 4.69) is 9.55 Å². The normalized spacial score (nSPS) is 10.7. The van der Waals surface area contributed by atoms with E-state index in [9.17, 15) is 0 Å². The van der Waals surface area contributed by atoms with Gasteiger partial charge in [-0.15, -0.1) is 0 Å². The molecular formula is C18H17ClN4. The van der Waals surface area contributed by atoms with Gasteiger partial charge in [-0.2, -0.15) is 0 Å². The van der Waals surface area contributed by atoms with E-state index in [1.807, 2.05) is 54.7 Å². The summed E-state index contributed by atoms with van der Waals surface area (Å²) in [6.45, 7) is 0.691. The number of nitrogen functional groups attached to an aromatic ring is 1. The SMILES string of the molecule is N=C(N)c1cccc(Cn2ccnc2Cc2cccc(Cl)c2)c1. The molecular weight excluding hydrogens is 308 g/mol. The summed E-state index contributed by atoms with van der Waals surface area (Å²) in [4.78, 5) is 4.45. The number of nitrogens with two attached hydrogens (primary N) is 1. The number of amidine groups is 1. The van der Waals surface area contributed by atoms with Crippen LogP contribution in [0, 0.1) is 5.41 Å². The second-order valence-electron chi connectivity index (χ2n) is 5.39. The van der Waals surface area contributed by atoms with Crippen LogP contribution in [0.4, 0.5) is 0 Å². The van der Waals surface area contributed by atoms with Crippen molar-refractivity contribution >= 4 is 17.4 Å². The third-order valence-electron chi connectivity index (χ3n) is 3.64. The number of hydrogen-bond acceptors (Lipinski definition) is 2. The molecule has 3 N–H and O–H groups in total. The van der Waals surface area contributed by atoms with Gasteiger partial charge in [0.1, 0.15) is 11.7 Å². The number of aromatic nitrogens is 2. The number of rotatable bonds is 5. The Hall–Kier alpha value is -2.59. The van der Waals surface area contributed by atoms with Crippen molar-refractivity contribution in [2.75, 3.05) is 0 Å². The lowest BCUT2D eigenvalue weighted by molar-refractivity contribution is 0.740. The van der Waals surface area contributed by atoms with E-state index < -0.39 is 0 Å². The first-order chi connectivity index (χ1) is 11.1. The molecule has 0 unspecified atom stereocenters. The molecule has 0 aliphatic heterocycles. The summed E-state index contributed by atoms with van der Waals surface area (Å²) < 4.78 is 2.10. The number of halogens is 1. The van der Waals surface area contributed by atoms with Crippen molar-refractivity contribution in [3.8, 4) is 0 Å². The molecule has 3 rings (SSSR count). The molecule has 0 aliphatic rings. The average Bonchev–Trinajstić information content (AvgIpc) is 2.94. The average molecular weight is 325 g/mol. The Morgan fingerprint density at radius 2 is 1.91 bits per heavy atom. The minimum Gasteiger partial charge on any atom is -0.384 e. The van der Waals surface area contributed by atoms with E-state index >= 15 is 0 Å².